The highest BCUT2D eigenvalue weighted by Crippen LogP contribution is 2.13. The summed E-state index contributed by atoms with van der Waals surface area (Å²) in [5.74, 6) is -0.757. The molecule has 1 rings (SSSR count). The van der Waals surface area contributed by atoms with E-state index < -0.39 is 16.1 Å². The van der Waals surface area contributed by atoms with Crippen LogP contribution in [0.1, 0.15) is 50.5 Å². The molecule has 0 aliphatic heterocycles. The molecule has 0 radical (unpaired) electrons. The number of carboxylic acid groups (broad SMARTS) is 1. The molecule has 1 N–H and O–H groups in total. The van der Waals surface area contributed by atoms with E-state index in [1.807, 2.05) is 6.92 Å². The molecule has 0 spiro atoms. The quantitative estimate of drug-likeness (QED) is 0.397. The number of ether oxygens (including phenoxy) is 1. The smallest absolute Gasteiger partial charge is 0.303 e. The number of rotatable bonds is 14. The number of unbranched alkanes of at least 4 members (excludes halogenated alkanes) is 4. The van der Waals surface area contributed by atoms with Crippen LogP contribution in [0.25, 0.3) is 0 Å². The molecule has 0 aromatic heterocycles. The van der Waals surface area contributed by atoms with Gasteiger partial charge in [-0.25, -0.2) is 0 Å². The van der Waals surface area contributed by atoms with Crippen LogP contribution >= 0.6 is 0 Å². The molecular weight excluding hydrogens is 344 g/mol. The Hall–Kier alpha value is -1.44. The summed E-state index contributed by atoms with van der Waals surface area (Å²) in [6, 6.07) is 6.59. The average Bonchev–Trinajstić information content (AvgIpc) is 2.56. The summed E-state index contributed by atoms with van der Waals surface area (Å²) in [6.45, 7) is 3.34. The summed E-state index contributed by atoms with van der Waals surface area (Å²) in [4.78, 5) is 10.5. The number of aliphatic carboxylic acids is 1. The van der Waals surface area contributed by atoms with Gasteiger partial charge in [0.15, 0.2) is 0 Å². The lowest BCUT2D eigenvalue weighted by Gasteiger charge is -2.06. The maximum absolute atomic E-state index is 12.0. The van der Waals surface area contributed by atoms with E-state index in [1.54, 1.807) is 24.3 Å². The maximum atomic E-state index is 12.0. The van der Waals surface area contributed by atoms with E-state index in [9.17, 15) is 13.2 Å². The molecule has 7 heteroatoms. The Morgan fingerprint density at radius 2 is 1.48 bits per heavy atom. The van der Waals surface area contributed by atoms with Crippen LogP contribution in [0.15, 0.2) is 29.2 Å². The number of hydrogen-bond donors (Lipinski definition) is 1. The Morgan fingerprint density at radius 1 is 0.920 bits per heavy atom. The van der Waals surface area contributed by atoms with E-state index in [2.05, 4.69) is 0 Å². The Bertz CT molecular complexity index is 594. The first-order valence-electron chi connectivity index (χ1n) is 8.67. The molecule has 6 nitrogen and oxygen atoms in total. The minimum atomic E-state index is -3.67. The monoisotopic (exact) mass is 372 g/mol. The Morgan fingerprint density at radius 3 is 2.08 bits per heavy atom. The molecule has 25 heavy (non-hydrogen) atoms. The van der Waals surface area contributed by atoms with Crippen LogP contribution in [0.5, 0.6) is 0 Å². The minimum absolute atomic E-state index is 0.172. The van der Waals surface area contributed by atoms with Crippen molar-refractivity contribution in [1.29, 1.82) is 0 Å². The molecule has 0 bridgehead atoms. The van der Waals surface area contributed by atoms with E-state index >= 15 is 0 Å². The molecule has 0 fully saturated rings. The predicted octanol–water partition coefficient (Wildman–Crippen LogP) is 3.53. The van der Waals surface area contributed by atoms with Gasteiger partial charge in [0.25, 0.3) is 10.1 Å². The van der Waals surface area contributed by atoms with Crippen molar-refractivity contribution in [1.82, 2.24) is 0 Å². The normalized spacial score (nSPS) is 11.6. The van der Waals surface area contributed by atoms with Crippen molar-refractivity contribution in [2.75, 3.05) is 19.8 Å². The van der Waals surface area contributed by atoms with Gasteiger partial charge in [0.1, 0.15) is 0 Å². The zero-order chi connectivity index (χ0) is 18.5. The predicted molar refractivity (Wildman–Crippen MR) is 95.1 cm³/mol. The molecule has 1 aromatic rings. The van der Waals surface area contributed by atoms with Crippen LogP contribution < -0.4 is 0 Å². The highest BCUT2D eigenvalue weighted by molar-refractivity contribution is 7.86. The van der Waals surface area contributed by atoms with Crippen molar-refractivity contribution in [2.24, 2.45) is 0 Å². The van der Waals surface area contributed by atoms with Crippen molar-refractivity contribution in [3.05, 3.63) is 29.8 Å². The van der Waals surface area contributed by atoms with Crippen molar-refractivity contribution >= 4 is 16.1 Å². The highest BCUT2D eigenvalue weighted by atomic mass is 32.2. The van der Waals surface area contributed by atoms with Crippen LogP contribution in [-0.4, -0.2) is 39.3 Å². The minimum Gasteiger partial charge on any atom is -0.481 e. The van der Waals surface area contributed by atoms with Crippen molar-refractivity contribution < 1.29 is 27.2 Å². The third kappa shape index (κ3) is 10.2. The lowest BCUT2D eigenvalue weighted by Crippen LogP contribution is -2.08. The Labute approximate surface area is 150 Å². The number of carboxylic acids is 1. The van der Waals surface area contributed by atoms with Crippen LogP contribution in [0, 0.1) is 6.92 Å². The number of carbonyl (C=O) groups is 1. The molecule has 142 valence electrons. The van der Waals surface area contributed by atoms with Gasteiger partial charge in [-0.1, -0.05) is 24.1 Å². The first kappa shape index (κ1) is 21.6. The molecule has 0 amide bonds. The first-order valence-corrected chi connectivity index (χ1v) is 10.1. The fourth-order valence-corrected chi connectivity index (χ4v) is 3.13. The van der Waals surface area contributed by atoms with Gasteiger partial charge in [-0.05, 0) is 51.2 Å². The van der Waals surface area contributed by atoms with Gasteiger partial charge in [-0.3, -0.25) is 8.98 Å². The van der Waals surface area contributed by atoms with Crippen LogP contribution in [0.4, 0.5) is 0 Å². The zero-order valence-electron chi connectivity index (χ0n) is 14.8. The van der Waals surface area contributed by atoms with E-state index in [0.29, 0.717) is 26.1 Å². The topological polar surface area (TPSA) is 89.9 Å². The van der Waals surface area contributed by atoms with Crippen molar-refractivity contribution in [2.45, 2.75) is 56.8 Å². The zero-order valence-corrected chi connectivity index (χ0v) is 15.6. The lowest BCUT2D eigenvalue weighted by atomic mass is 10.2. The van der Waals surface area contributed by atoms with E-state index in [4.69, 9.17) is 14.0 Å². The van der Waals surface area contributed by atoms with Crippen molar-refractivity contribution in [3.8, 4) is 0 Å². The molecular formula is C18H28O6S. The summed E-state index contributed by atoms with van der Waals surface area (Å²) in [6.07, 6.45) is 4.97. The Balaban J connectivity index is 1.99. The summed E-state index contributed by atoms with van der Waals surface area (Å²) < 4.78 is 34.4. The van der Waals surface area contributed by atoms with Gasteiger partial charge in [-0.2, -0.15) is 8.42 Å². The standard InChI is InChI=1S/C18H28O6S/c1-16-9-11-17(12-10-16)25(21,22)24-15-7-3-6-14-23-13-5-2-4-8-18(19)20/h9-12H,2-8,13-15H2,1H3,(H,19,20). The summed E-state index contributed by atoms with van der Waals surface area (Å²) in [5, 5.41) is 8.50. The lowest BCUT2D eigenvalue weighted by molar-refractivity contribution is -0.137. The first-order chi connectivity index (χ1) is 11.9. The van der Waals surface area contributed by atoms with E-state index in [1.165, 1.54) is 0 Å². The van der Waals surface area contributed by atoms with Crippen LogP contribution in [-0.2, 0) is 23.8 Å². The largest absolute Gasteiger partial charge is 0.481 e. The second-order valence-corrected chi connectivity index (χ2v) is 7.58. The molecule has 0 saturated heterocycles. The molecule has 0 aliphatic carbocycles. The van der Waals surface area contributed by atoms with Gasteiger partial charge in [0.05, 0.1) is 11.5 Å². The molecule has 0 aliphatic rings. The Kier molecular flexibility index (Phi) is 10.4. The highest BCUT2D eigenvalue weighted by Gasteiger charge is 2.14. The fourth-order valence-electron chi connectivity index (χ4n) is 2.18. The van der Waals surface area contributed by atoms with Crippen LogP contribution in [0.2, 0.25) is 0 Å². The van der Waals surface area contributed by atoms with Crippen LogP contribution in [0.3, 0.4) is 0 Å². The number of aryl methyl sites for hydroxylation is 1. The van der Waals surface area contributed by atoms with Gasteiger partial charge < -0.3 is 9.84 Å². The van der Waals surface area contributed by atoms with Gasteiger partial charge in [-0.15, -0.1) is 0 Å². The molecule has 0 unspecified atom stereocenters. The van der Waals surface area contributed by atoms with Gasteiger partial charge in [0.2, 0.25) is 0 Å². The van der Waals surface area contributed by atoms with Crippen molar-refractivity contribution in [3.63, 3.8) is 0 Å². The summed E-state index contributed by atoms with van der Waals surface area (Å²) in [5.41, 5.74) is 1.00. The summed E-state index contributed by atoms with van der Waals surface area (Å²) >= 11 is 0. The van der Waals surface area contributed by atoms with E-state index in [0.717, 1.165) is 31.2 Å². The number of hydrogen-bond acceptors (Lipinski definition) is 5. The second kappa shape index (κ2) is 12.0. The number of benzene rings is 1. The molecule has 0 atom stereocenters. The third-order valence-corrected chi connectivity index (χ3v) is 4.99. The molecule has 0 heterocycles. The maximum Gasteiger partial charge on any atom is 0.303 e. The van der Waals surface area contributed by atoms with E-state index in [-0.39, 0.29) is 17.9 Å². The molecule has 1 aromatic carbocycles. The SMILES string of the molecule is Cc1ccc(S(=O)(=O)OCCCCCOCCCCCC(=O)O)cc1. The fraction of sp³-hybridized carbons (Fsp3) is 0.611. The molecule has 0 saturated carbocycles. The summed E-state index contributed by atoms with van der Waals surface area (Å²) in [7, 11) is -3.67. The third-order valence-electron chi connectivity index (χ3n) is 3.66. The average molecular weight is 372 g/mol. The van der Waals surface area contributed by atoms with Gasteiger partial charge >= 0.3 is 5.97 Å². The van der Waals surface area contributed by atoms with Gasteiger partial charge in [0, 0.05) is 19.6 Å². The second-order valence-electron chi connectivity index (χ2n) is 5.97.